The van der Waals surface area contributed by atoms with Gasteiger partial charge in [0.15, 0.2) is 0 Å². The first-order valence-corrected chi connectivity index (χ1v) is 5.03. The molecule has 0 fully saturated rings. The van der Waals surface area contributed by atoms with E-state index in [1.165, 1.54) is 10.5 Å². The van der Waals surface area contributed by atoms with Crippen LogP contribution in [0, 0.1) is 5.92 Å². The molecule has 0 spiro atoms. The first kappa shape index (κ1) is 11.6. The van der Waals surface area contributed by atoms with Crippen LogP contribution in [-0.2, 0) is 0 Å². The van der Waals surface area contributed by atoms with Gasteiger partial charge in [-0.15, -0.1) is 0 Å². The van der Waals surface area contributed by atoms with Crippen LogP contribution in [0.5, 0.6) is 0 Å². The van der Waals surface area contributed by atoms with Gasteiger partial charge in [-0.25, -0.2) is 0 Å². The van der Waals surface area contributed by atoms with Gasteiger partial charge in [0.05, 0.1) is 5.03 Å². The van der Waals surface area contributed by atoms with Crippen LogP contribution in [0.2, 0.25) is 0 Å². The molecule has 1 nitrogen and oxygen atoms in total. The molecule has 2 heteroatoms. The molecule has 2 N–H and O–H groups in total. The Bertz CT molecular complexity index is 188. The second-order valence-corrected chi connectivity index (χ2v) is 4.81. The van der Waals surface area contributed by atoms with Crippen molar-refractivity contribution in [3.05, 3.63) is 22.1 Å². The molecule has 0 bridgehead atoms. The molecule has 70 valence electrons. The van der Waals surface area contributed by atoms with Crippen molar-refractivity contribution >= 4 is 11.8 Å². The lowest BCUT2D eigenvalue weighted by Crippen LogP contribution is -1.95. The predicted octanol–water partition coefficient (Wildman–Crippen LogP) is 3.49. The first-order chi connectivity index (χ1) is 5.43. The van der Waals surface area contributed by atoms with E-state index in [1.54, 1.807) is 11.8 Å². The SMILES string of the molecule is C=C(N)SC(CC(C)C)=C(C)C. The van der Waals surface area contributed by atoms with Gasteiger partial charge in [0, 0.05) is 0 Å². The molecule has 0 unspecified atom stereocenters. The summed E-state index contributed by atoms with van der Waals surface area (Å²) >= 11 is 1.60. The van der Waals surface area contributed by atoms with E-state index in [2.05, 4.69) is 34.3 Å². The molecule has 0 saturated heterocycles. The van der Waals surface area contributed by atoms with E-state index in [9.17, 15) is 0 Å². The van der Waals surface area contributed by atoms with E-state index in [4.69, 9.17) is 5.73 Å². The molecule has 0 heterocycles. The standard InChI is InChI=1S/C10H19NS/c1-7(2)6-10(8(3)4)12-9(5)11/h7H,5-6,11H2,1-4H3. The van der Waals surface area contributed by atoms with Crippen molar-refractivity contribution in [3.63, 3.8) is 0 Å². The van der Waals surface area contributed by atoms with Crippen LogP contribution in [0.3, 0.4) is 0 Å². The number of allylic oxidation sites excluding steroid dienone is 2. The number of rotatable bonds is 4. The molecule has 0 saturated carbocycles. The van der Waals surface area contributed by atoms with E-state index in [1.807, 2.05) is 0 Å². The van der Waals surface area contributed by atoms with Crippen molar-refractivity contribution in [1.82, 2.24) is 0 Å². The highest BCUT2D eigenvalue weighted by atomic mass is 32.2. The quantitative estimate of drug-likeness (QED) is 0.725. The van der Waals surface area contributed by atoms with Gasteiger partial charge >= 0.3 is 0 Å². The number of thioether (sulfide) groups is 1. The highest BCUT2D eigenvalue weighted by Crippen LogP contribution is 2.29. The van der Waals surface area contributed by atoms with Crippen LogP contribution >= 0.6 is 11.8 Å². The van der Waals surface area contributed by atoms with E-state index in [-0.39, 0.29) is 0 Å². The van der Waals surface area contributed by atoms with Crippen LogP contribution in [-0.4, -0.2) is 0 Å². The van der Waals surface area contributed by atoms with Crippen molar-refractivity contribution in [2.24, 2.45) is 11.7 Å². The third-order valence-electron chi connectivity index (χ3n) is 1.41. The molecule has 0 atom stereocenters. The normalized spacial score (nSPS) is 10.1. The Morgan fingerprint density at radius 2 is 1.92 bits per heavy atom. The third kappa shape index (κ3) is 5.30. The van der Waals surface area contributed by atoms with Crippen LogP contribution in [0.15, 0.2) is 22.1 Å². The minimum atomic E-state index is 0.682. The molecular weight excluding hydrogens is 166 g/mol. The summed E-state index contributed by atoms with van der Waals surface area (Å²) in [4.78, 5) is 1.36. The average molecular weight is 185 g/mol. The molecule has 0 aromatic heterocycles. The van der Waals surface area contributed by atoms with Gasteiger partial charge in [-0.05, 0) is 31.1 Å². The van der Waals surface area contributed by atoms with Crippen molar-refractivity contribution in [2.45, 2.75) is 34.1 Å². The zero-order valence-corrected chi connectivity index (χ0v) is 9.29. The highest BCUT2D eigenvalue weighted by molar-refractivity contribution is 8.06. The minimum Gasteiger partial charge on any atom is -0.394 e. The molecule has 0 aromatic rings. The fourth-order valence-corrected chi connectivity index (χ4v) is 1.81. The Morgan fingerprint density at radius 1 is 1.42 bits per heavy atom. The van der Waals surface area contributed by atoms with Crippen molar-refractivity contribution in [1.29, 1.82) is 0 Å². The molecular formula is C10H19NS. The van der Waals surface area contributed by atoms with Gasteiger partial charge < -0.3 is 5.73 Å². The molecule has 0 aliphatic carbocycles. The summed E-state index contributed by atoms with van der Waals surface area (Å²) in [5.74, 6) is 0.682. The molecule has 0 aliphatic heterocycles. The van der Waals surface area contributed by atoms with Gasteiger partial charge in [-0.2, -0.15) is 0 Å². The lowest BCUT2D eigenvalue weighted by Gasteiger charge is -2.11. The lowest BCUT2D eigenvalue weighted by molar-refractivity contribution is 0.655. The fraction of sp³-hybridized carbons (Fsp3) is 0.600. The summed E-state index contributed by atoms with van der Waals surface area (Å²) in [6, 6.07) is 0. The molecule has 0 aromatic carbocycles. The molecule has 0 aliphatic rings. The van der Waals surface area contributed by atoms with Crippen LogP contribution in [0.4, 0.5) is 0 Å². The molecule has 0 rings (SSSR count). The summed E-state index contributed by atoms with van der Waals surface area (Å²) in [5, 5.41) is 0.687. The zero-order chi connectivity index (χ0) is 9.72. The largest absolute Gasteiger partial charge is 0.394 e. The lowest BCUT2D eigenvalue weighted by atomic mass is 10.1. The van der Waals surface area contributed by atoms with Gasteiger partial charge in [-0.1, -0.05) is 37.8 Å². The van der Waals surface area contributed by atoms with Crippen LogP contribution in [0.25, 0.3) is 0 Å². The van der Waals surface area contributed by atoms with Crippen LogP contribution < -0.4 is 5.73 Å². The van der Waals surface area contributed by atoms with Gasteiger partial charge in [-0.3, -0.25) is 0 Å². The van der Waals surface area contributed by atoms with Gasteiger partial charge in [0.2, 0.25) is 0 Å². The summed E-state index contributed by atoms with van der Waals surface area (Å²) < 4.78 is 0. The average Bonchev–Trinajstić information content (AvgIpc) is 1.83. The smallest absolute Gasteiger partial charge is 0.0627 e. The monoisotopic (exact) mass is 185 g/mol. The number of nitrogens with two attached hydrogens (primary N) is 1. The maximum Gasteiger partial charge on any atom is 0.0627 e. The predicted molar refractivity (Wildman–Crippen MR) is 58.7 cm³/mol. The summed E-state index contributed by atoms with van der Waals surface area (Å²) in [6.07, 6.45) is 1.10. The van der Waals surface area contributed by atoms with E-state index < -0.39 is 0 Å². The zero-order valence-electron chi connectivity index (χ0n) is 8.48. The molecule has 0 amide bonds. The topological polar surface area (TPSA) is 26.0 Å². The second kappa shape index (κ2) is 5.31. The van der Waals surface area contributed by atoms with E-state index >= 15 is 0 Å². The molecule has 0 radical (unpaired) electrons. The summed E-state index contributed by atoms with van der Waals surface area (Å²) in [7, 11) is 0. The minimum absolute atomic E-state index is 0.682. The van der Waals surface area contributed by atoms with E-state index in [0.29, 0.717) is 10.9 Å². The summed E-state index contributed by atoms with van der Waals surface area (Å²) in [5.41, 5.74) is 6.89. The number of hydrogen-bond acceptors (Lipinski definition) is 2. The maximum absolute atomic E-state index is 5.54. The second-order valence-electron chi connectivity index (χ2n) is 3.59. The maximum atomic E-state index is 5.54. The Kier molecular flexibility index (Phi) is 5.14. The molecule has 12 heavy (non-hydrogen) atoms. The first-order valence-electron chi connectivity index (χ1n) is 4.22. The third-order valence-corrected chi connectivity index (χ3v) is 2.49. The van der Waals surface area contributed by atoms with Crippen LogP contribution in [0.1, 0.15) is 34.1 Å². The van der Waals surface area contributed by atoms with Crippen molar-refractivity contribution in [3.8, 4) is 0 Å². The fourth-order valence-electron chi connectivity index (χ4n) is 0.877. The Morgan fingerprint density at radius 3 is 2.17 bits per heavy atom. The van der Waals surface area contributed by atoms with Crippen molar-refractivity contribution < 1.29 is 0 Å². The Labute approximate surface area is 80.1 Å². The Balaban J connectivity index is 4.27. The van der Waals surface area contributed by atoms with Crippen molar-refractivity contribution in [2.75, 3.05) is 0 Å². The number of hydrogen-bond donors (Lipinski definition) is 1. The van der Waals surface area contributed by atoms with E-state index in [0.717, 1.165) is 6.42 Å². The summed E-state index contributed by atoms with van der Waals surface area (Å²) in [6.45, 7) is 12.4. The van der Waals surface area contributed by atoms with Gasteiger partial charge in [0.1, 0.15) is 0 Å². The van der Waals surface area contributed by atoms with Gasteiger partial charge in [0.25, 0.3) is 0 Å². The highest BCUT2D eigenvalue weighted by Gasteiger charge is 2.04. The Hall–Kier alpha value is -0.370.